The lowest BCUT2D eigenvalue weighted by molar-refractivity contribution is 0.102. The quantitative estimate of drug-likeness (QED) is 0.681. The molecule has 1 aromatic carbocycles. The Hall–Kier alpha value is -1.60. The minimum atomic E-state index is -3.72. The molecule has 2 aromatic rings. The van der Waals surface area contributed by atoms with Crippen molar-refractivity contribution >= 4 is 60.4 Å². The average molecular weight is 462 g/mol. The number of anilines is 2. The van der Waals surface area contributed by atoms with E-state index in [0.717, 1.165) is 29.1 Å². The molecule has 0 aliphatic carbocycles. The van der Waals surface area contributed by atoms with E-state index in [0.29, 0.717) is 24.5 Å². The number of nitrogens with one attached hydrogen (secondary N) is 2. The molecule has 1 aromatic heterocycles. The van der Waals surface area contributed by atoms with E-state index >= 15 is 0 Å². The van der Waals surface area contributed by atoms with Crippen LogP contribution in [-0.4, -0.2) is 57.9 Å². The first kappa shape index (κ1) is 21.1. The van der Waals surface area contributed by atoms with E-state index in [1.807, 2.05) is 0 Å². The molecule has 0 unspecified atom stereocenters. The molecule has 1 aliphatic heterocycles. The maximum absolute atomic E-state index is 12.9. The summed E-state index contributed by atoms with van der Waals surface area (Å²) in [6.45, 7) is 0.859. The van der Waals surface area contributed by atoms with Gasteiger partial charge >= 0.3 is 0 Å². The lowest BCUT2D eigenvalue weighted by Gasteiger charge is -2.25. The maximum atomic E-state index is 12.9. The average Bonchev–Trinajstić information content (AvgIpc) is 3.14. The van der Waals surface area contributed by atoms with Crippen molar-refractivity contribution in [1.82, 2.24) is 4.31 Å². The molecule has 1 amide bonds. The molecule has 2 N–H and O–H groups in total. The first-order valence-electron chi connectivity index (χ1n) is 8.21. The number of rotatable bonds is 6. The van der Waals surface area contributed by atoms with Gasteiger partial charge in [0.25, 0.3) is 5.91 Å². The van der Waals surface area contributed by atoms with E-state index in [1.54, 1.807) is 17.1 Å². The fraction of sp³-hybridized carbons (Fsp3) is 0.312. The Morgan fingerprint density at radius 2 is 1.61 bits per heavy atom. The number of hydrogen-bond acceptors (Lipinski definition) is 7. The van der Waals surface area contributed by atoms with Crippen molar-refractivity contribution in [3.8, 4) is 0 Å². The number of thioether (sulfide) groups is 1. The van der Waals surface area contributed by atoms with Gasteiger partial charge in [0, 0.05) is 36.0 Å². The molecule has 0 spiro atoms. The highest BCUT2D eigenvalue weighted by Crippen LogP contribution is 2.28. The topological polar surface area (TPSA) is 113 Å². The molecule has 3 rings (SSSR count). The van der Waals surface area contributed by atoms with Crippen LogP contribution in [0.2, 0.25) is 0 Å². The Morgan fingerprint density at radius 1 is 1.00 bits per heavy atom. The van der Waals surface area contributed by atoms with Crippen LogP contribution in [0.25, 0.3) is 0 Å². The van der Waals surface area contributed by atoms with Crippen molar-refractivity contribution in [2.45, 2.75) is 4.90 Å². The Kier molecular flexibility index (Phi) is 6.34. The Labute approximate surface area is 172 Å². The second-order valence-corrected chi connectivity index (χ2v) is 11.8. The van der Waals surface area contributed by atoms with Crippen LogP contribution in [0.4, 0.5) is 11.4 Å². The summed E-state index contributed by atoms with van der Waals surface area (Å²) in [5.74, 6) is 0.945. The minimum absolute atomic E-state index is 0.0114. The van der Waals surface area contributed by atoms with E-state index in [2.05, 4.69) is 10.0 Å². The van der Waals surface area contributed by atoms with Gasteiger partial charge in [-0.05, 0) is 35.7 Å². The summed E-state index contributed by atoms with van der Waals surface area (Å²) in [4.78, 5) is 12.8. The molecule has 2 heterocycles. The molecule has 28 heavy (non-hydrogen) atoms. The van der Waals surface area contributed by atoms with Gasteiger partial charge in [0.15, 0.2) is 0 Å². The lowest BCUT2D eigenvalue weighted by Crippen LogP contribution is -2.38. The number of amides is 1. The fourth-order valence-electron chi connectivity index (χ4n) is 2.62. The Bertz CT molecular complexity index is 1060. The summed E-state index contributed by atoms with van der Waals surface area (Å²) in [6, 6.07) is 7.54. The van der Waals surface area contributed by atoms with Crippen LogP contribution in [0, 0.1) is 0 Å². The van der Waals surface area contributed by atoms with Crippen LogP contribution in [0.1, 0.15) is 9.67 Å². The normalized spacial score (nSPS) is 15.9. The molecule has 0 atom stereocenters. The molecule has 0 radical (unpaired) electrons. The number of carbonyl (C=O) groups is 1. The summed E-state index contributed by atoms with van der Waals surface area (Å²) in [5.41, 5.74) is 0.790. The van der Waals surface area contributed by atoms with Crippen molar-refractivity contribution < 1.29 is 21.6 Å². The molecule has 0 saturated carbocycles. The van der Waals surface area contributed by atoms with E-state index in [-0.39, 0.29) is 9.77 Å². The van der Waals surface area contributed by atoms with Gasteiger partial charge < -0.3 is 5.32 Å². The number of benzene rings is 1. The zero-order valence-corrected chi connectivity index (χ0v) is 18.2. The number of nitrogens with zero attached hydrogens (tertiary/aromatic N) is 1. The second kappa shape index (κ2) is 8.41. The summed E-state index contributed by atoms with van der Waals surface area (Å²) >= 11 is 2.77. The summed E-state index contributed by atoms with van der Waals surface area (Å²) in [6.07, 6.45) is 1.04. The number of thiophene rings is 1. The summed E-state index contributed by atoms with van der Waals surface area (Å²) in [7, 11) is -7.11. The number of hydrogen-bond donors (Lipinski definition) is 2. The smallest absolute Gasteiger partial charge is 0.267 e. The van der Waals surface area contributed by atoms with Crippen LogP contribution in [0.5, 0.6) is 0 Å². The van der Waals surface area contributed by atoms with Crippen LogP contribution in [-0.2, 0) is 20.0 Å². The van der Waals surface area contributed by atoms with Gasteiger partial charge in [-0.25, -0.2) is 16.8 Å². The molecule has 152 valence electrons. The lowest BCUT2D eigenvalue weighted by atomic mass is 10.3. The van der Waals surface area contributed by atoms with Gasteiger partial charge in [-0.3, -0.25) is 9.52 Å². The third-order valence-corrected chi connectivity index (χ3v) is 8.40. The molecular weight excluding hydrogens is 442 g/mol. The molecule has 8 nitrogen and oxygen atoms in total. The van der Waals surface area contributed by atoms with Crippen LogP contribution in [0.15, 0.2) is 40.6 Å². The molecule has 1 saturated heterocycles. The Balaban J connectivity index is 1.76. The predicted molar refractivity (Wildman–Crippen MR) is 113 cm³/mol. The van der Waals surface area contributed by atoms with Gasteiger partial charge in [0.1, 0.15) is 9.77 Å². The number of carbonyl (C=O) groups excluding carboxylic acids is 1. The van der Waals surface area contributed by atoms with Crippen LogP contribution in [0.3, 0.4) is 0 Å². The fourth-order valence-corrected chi connectivity index (χ4v) is 7.05. The van der Waals surface area contributed by atoms with Crippen molar-refractivity contribution in [2.24, 2.45) is 0 Å². The highest BCUT2D eigenvalue weighted by molar-refractivity contribution is 7.99. The van der Waals surface area contributed by atoms with E-state index in [9.17, 15) is 21.6 Å². The van der Waals surface area contributed by atoms with Gasteiger partial charge in [0.2, 0.25) is 20.0 Å². The minimum Gasteiger partial charge on any atom is -0.321 e. The van der Waals surface area contributed by atoms with E-state index in [4.69, 9.17) is 0 Å². The number of sulfonamides is 2. The molecule has 12 heteroatoms. The zero-order valence-electron chi connectivity index (χ0n) is 14.9. The van der Waals surface area contributed by atoms with Gasteiger partial charge in [-0.15, -0.1) is 11.3 Å². The predicted octanol–water partition coefficient (Wildman–Crippen LogP) is 2.11. The van der Waals surface area contributed by atoms with Gasteiger partial charge in [-0.1, -0.05) is 0 Å². The highest BCUT2D eigenvalue weighted by Gasteiger charge is 2.31. The molecular formula is C16H19N3O5S4. The maximum Gasteiger partial charge on any atom is 0.267 e. The molecule has 1 fully saturated rings. The van der Waals surface area contributed by atoms with E-state index < -0.39 is 26.0 Å². The second-order valence-electron chi connectivity index (χ2n) is 6.04. The third-order valence-electron chi connectivity index (χ3n) is 3.87. The third kappa shape index (κ3) is 5.06. The first-order valence-corrected chi connectivity index (χ1v) is 13.6. The van der Waals surface area contributed by atoms with Crippen molar-refractivity contribution in [3.63, 3.8) is 0 Å². The van der Waals surface area contributed by atoms with E-state index in [1.165, 1.54) is 34.6 Å². The van der Waals surface area contributed by atoms with Gasteiger partial charge in [-0.2, -0.15) is 16.1 Å². The van der Waals surface area contributed by atoms with Gasteiger partial charge in [0.05, 0.1) is 6.26 Å². The summed E-state index contributed by atoms with van der Waals surface area (Å²) < 4.78 is 52.0. The first-order chi connectivity index (χ1) is 13.2. The van der Waals surface area contributed by atoms with Crippen LogP contribution >= 0.6 is 23.1 Å². The SMILES string of the molecule is CS(=O)(=O)Nc1ccc(NC(=O)c2sccc2S(=O)(=O)N2CCSCC2)cc1. The molecule has 0 bridgehead atoms. The summed E-state index contributed by atoms with van der Waals surface area (Å²) in [5, 5.41) is 4.24. The van der Waals surface area contributed by atoms with Crippen molar-refractivity contribution in [1.29, 1.82) is 0 Å². The van der Waals surface area contributed by atoms with Crippen molar-refractivity contribution in [2.75, 3.05) is 40.9 Å². The Morgan fingerprint density at radius 3 is 2.21 bits per heavy atom. The molecule has 1 aliphatic rings. The standard InChI is InChI=1S/C16H19N3O5S4/c1-27(21,22)18-13-4-2-12(3-5-13)17-16(20)15-14(6-9-26-15)28(23,24)19-7-10-25-11-8-19/h2-6,9,18H,7-8,10-11H2,1H3,(H,17,20). The monoisotopic (exact) mass is 461 g/mol. The van der Waals surface area contributed by atoms with Crippen LogP contribution < -0.4 is 10.0 Å². The van der Waals surface area contributed by atoms with Crippen molar-refractivity contribution in [3.05, 3.63) is 40.6 Å². The largest absolute Gasteiger partial charge is 0.321 e. The highest BCUT2D eigenvalue weighted by atomic mass is 32.2. The zero-order chi connectivity index (χ0) is 20.4.